The Hall–Kier alpha value is -1.99. The summed E-state index contributed by atoms with van der Waals surface area (Å²) in [6.45, 7) is 4.88. The normalized spacial score (nSPS) is 16.6. The van der Waals surface area contributed by atoms with E-state index in [2.05, 4.69) is 20.4 Å². The second-order valence-corrected chi connectivity index (χ2v) is 4.94. The molecule has 7 heteroatoms. The molecular weight excluding hydrogens is 256 g/mol. The number of quaternary nitrogens is 1. The first-order chi connectivity index (χ1) is 9.88. The van der Waals surface area contributed by atoms with E-state index < -0.39 is 0 Å². The van der Waals surface area contributed by atoms with Gasteiger partial charge in [0.05, 0.1) is 38.5 Å². The Morgan fingerprint density at radius 2 is 1.90 bits per heavy atom. The van der Waals surface area contributed by atoms with Gasteiger partial charge in [-0.25, -0.2) is 0 Å². The van der Waals surface area contributed by atoms with Crippen molar-refractivity contribution in [3.8, 4) is 5.69 Å². The van der Waals surface area contributed by atoms with Gasteiger partial charge in [-0.1, -0.05) is 23.3 Å². The van der Waals surface area contributed by atoms with Crippen LogP contribution in [0, 0.1) is 0 Å². The van der Waals surface area contributed by atoms with Crippen molar-refractivity contribution in [2.24, 2.45) is 0 Å². The Bertz CT molecular complexity index is 535. The molecule has 7 nitrogen and oxygen atoms in total. The number of piperazine rings is 1. The fraction of sp³-hybridized carbons (Fsp3) is 0.462. The topological polar surface area (TPSA) is 71.5 Å². The van der Waals surface area contributed by atoms with Crippen LogP contribution in [0.4, 0.5) is 5.95 Å². The molecule has 2 heterocycles. The highest BCUT2D eigenvalue weighted by Crippen LogP contribution is 2.14. The number of aliphatic hydroxyl groups excluding tert-OH is 1. The van der Waals surface area contributed by atoms with Crippen molar-refractivity contribution in [3.63, 3.8) is 0 Å². The average Bonchev–Trinajstić information content (AvgIpc) is 2.99. The average molecular weight is 275 g/mol. The third-order valence-electron chi connectivity index (χ3n) is 3.67. The van der Waals surface area contributed by atoms with Crippen LogP contribution in [-0.4, -0.2) is 64.6 Å². The van der Waals surface area contributed by atoms with Crippen LogP contribution in [-0.2, 0) is 0 Å². The zero-order chi connectivity index (χ0) is 13.8. The highest BCUT2D eigenvalue weighted by Gasteiger charge is 2.23. The standard InChI is InChI=1S/C13H18N6O/c20-11-10-17-6-8-18(9-7-17)13-14-15-16-19(13)12-4-2-1-3-5-12/h1-5,20H,6-11H2/p+1. The minimum atomic E-state index is 0.247. The number of anilines is 1. The number of hydrogen-bond acceptors (Lipinski definition) is 5. The van der Waals surface area contributed by atoms with Crippen molar-refractivity contribution in [1.82, 2.24) is 20.2 Å². The summed E-state index contributed by atoms with van der Waals surface area (Å²) in [5.41, 5.74) is 0.970. The van der Waals surface area contributed by atoms with Crippen LogP contribution in [0.2, 0.25) is 0 Å². The van der Waals surface area contributed by atoms with E-state index in [1.54, 1.807) is 4.68 Å². The molecule has 2 aromatic rings. The largest absolute Gasteiger partial charge is 0.391 e. The van der Waals surface area contributed by atoms with Gasteiger partial charge in [-0.05, 0) is 22.6 Å². The van der Waals surface area contributed by atoms with E-state index in [0.717, 1.165) is 44.4 Å². The summed E-state index contributed by atoms with van der Waals surface area (Å²) in [5.74, 6) is 0.791. The van der Waals surface area contributed by atoms with Crippen LogP contribution in [0.1, 0.15) is 0 Å². The Kier molecular flexibility index (Phi) is 3.89. The first kappa shape index (κ1) is 13.0. The molecule has 1 saturated heterocycles. The SMILES string of the molecule is OCC[NH+]1CCN(c2nnnn2-c2ccccc2)CC1. The lowest BCUT2D eigenvalue weighted by molar-refractivity contribution is -0.900. The molecule has 3 rings (SSSR count). The van der Waals surface area contributed by atoms with Gasteiger partial charge in [0.2, 0.25) is 0 Å². The number of benzene rings is 1. The zero-order valence-corrected chi connectivity index (χ0v) is 11.3. The first-order valence-corrected chi connectivity index (χ1v) is 6.91. The molecule has 1 aliphatic heterocycles. The molecule has 2 N–H and O–H groups in total. The molecule has 0 bridgehead atoms. The Morgan fingerprint density at radius 1 is 1.15 bits per heavy atom. The molecule has 0 radical (unpaired) electrons. The Morgan fingerprint density at radius 3 is 2.60 bits per heavy atom. The highest BCUT2D eigenvalue weighted by molar-refractivity contribution is 5.40. The number of aliphatic hydroxyl groups is 1. The van der Waals surface area contributed by atoms with Gasteiger partial charge in [0.15, 0.2) is 0 Å². The summed E-state index contributed by atoms with van der Waals surface area (Å²) < 4.78 is 1.77. The van der Waals surface area contributed by atoms with Crippen molar-refractivity contribution in [1.29, 1.82) is 0 Å². The van der Waals surface area contributed by atoms with Gasteiger partial charge in [-0.2, -0.15) is 4.68 Å². The number of nitrogens with zero attached hydrogens (tertiary/aromatic N) is 5. The van der Waals surface area contributed by atoms with Gasteiger partial charge in [0.25, 0.3) is 5.95 Å². The fourth-order valence-electron chi connectivity index (χ4n) is 2.55. The number of tetrazole rings is 1. The minimum Gasteiger partial charge on any atom is -0.391 e. The summed E-state index contributed by atoms with van der Waals surface area (Å²) in [4.78, 5) is 3.64. The minimum absolute atomic E-state index is 0.247. The lowest BCUT2D eigenvalue weighted by atomic mass is 10.3. The summed E-state index contributed by atoms with van der Waals surface area (Å²) in [6, 6.07) is 9.92. The molecule has 0 saturated carbocycles. The maximum absolute atomic E-state index is 8.99. The van der Waals surface area contributed by atoms with Crippen LogP contribution in [0.25, 0.3) is 5.69 Å². The van der Waals surface area contributed by atoms with E-state index in [9.17, 15) is 0 Å². The van der Waals surface area contributed by atoms with Crippen molar-refractivity contribution < 1.29 is 10.0 Å². The molecule has 20 heavy (non-hydrogen) atoms. The summed E-state index contributed by atoms with van der Waals surface area (Å²) in [5, 5.41) is 21.0. The lowest BCUT2D eigenvalue weighted by Gasteiger charge is -2.31. The van der Waals surface area contributed by atoms with Gasteiger partial charge in [0.1, 0.15) is 6.54 Å². The van der Waals surface area contributed by atoms with E-state index >= 15 is 0 Å². The maximum Gasteiger partial charge on any atom is 0.250 e. The second kappa shape index (κ2) is 5.98. The van der Waals surface area contributed by atoms with E-state index in [1.807, 2.05) is 30.3 Å². The predicted octanol–water partition coefficient (Wildman–Crippen LogP) is -1.64. The van der Waals surface area contributed by atoms with E-state index in [0.29, 0.717) is 0 Å². The Labute approximate surface area is 117 Å². The van der Waals surface area contributed by atoms with E-state index in [1.165, 1.54) is 4.90 Å². The number of hydrogen-bond donors (Lipinski definition) is 2. The quantitative estimate of drug-likeness (QED) is 0.700. The van der Waals surface area contributed by atoms with Crippen molar-refractivity contribution >= 4 is 5.95 Å². The van der Waals surface area contributed by atoms with Gasteiger partial charge >= 0.3 is 0 Å². The van der Waals surface area contributed by atoms with Crippen LogP contribution in [0.15, 0.2) is 30.3 Å². The van der Waals surface area contributed by atoms with E-state index in [4.69, 9.17) is 5.11 Å². The van der Waals surface area contributed by atoms with Gasteiger partial charge in [-0.3, -0.25) is 0 Å². The number of rotatable bonds is 4. The number of aromatic nitrogens is 4. The van der Waals surface area contributed by atoms with Crippen LogP contribution < -0.4 is 9.80 Å². The predicted molar refractivity (Wildman–Crippen MR) is 74.0 cm³/mol. The van der Waals surface area contributed by atoms with Crippen molar-refractivity contribution in [3.05, 3.63) is 30.3 Å². The zero-order valence-electron chi connectivity index (χ0n) is 11.3. The van der Waals surface area contributed by atoms with E-state index in [-0.39, 0.29) is 6.61 Å². The third kappa shape index (κ3) is 2.63. The smallest absolute Gasteiger partial charge is 0.250 e. The fourth-order valence-corrected chi connectivity index (χ4v) is 2.55. The molecule has 1 fully saturated rings. The molecule has 0 amide bonds. The van der Waals surface area contributed by atoms with Gasteiger partial charge in [-0.15, -0.1) is 0 Å². The van der Waals surface area contributed by atoms with Gasteiger partial charge in [0, 0.05) is 0 Å². The maximum atomic E-state index is 8.99. The molecule has 1 aromatic carbocycles. The number of para-hydroxylation sites is 1. The molecule has 0 aliphatic carbocycles. The van der Waals surface area contributed by atoms with Crippen LogP contribution in [0.5, 0.6) is 0 Å². The molecule has 1 aliphatic rings. The molecule has 0 atom stereocenters. The van der Waals surface area contributed by atoms with Crippen LogP contribution >= 0.6 is 0 Å². The summed E-state index contributed by atoms with van der Waals surface area (Å²) in [6.07, 6.45) is 0. The van der Waals surface area contributed by atoms with Gasteiger partial charge < -0.3 is 14.9 Å². The highest BCUT2D eigenvalue weighted by atomic mass is 16.3. The summed E-state index contributed by atoms with van der Waals surface area (Å²) in [7, 11) is 0. The number of nitrogens with one attached hydrogen (secondary N) is 1. The molecule has 106 valence electrons. The lowest BCUT2D eigenvalue weighted by Crippen LogP contribution is -3.15. The first-order valence-electron chi connectivity index (χ1n) is 6.91. The van der Waals surface area contributed by atoms with Crippen molar-refractivity contribution in [2.75, 3.05) is 44.2 Å². The third-order valence-corrected chi connectivity index (χ3v) is 3.67. The van der Waals surface area contributed by atoms with Crippen molar-refractivity contribution in [2.45, 2.75) is 0 Å². The Balaban J connectivity index is 1.75. The molecule has 0 unspecified atom stereocenters. The van der Waals surface area contributed by atoms with Crippen LogP contribution in [0.3, 0.4) is 0 Å². The summed E-state index contributed by atoms with van der Waals surface area (Å²) >= 11 is 0. The monoisotopic (exact) mass is 275 g/mol. The molecular formula is C13H19N6O+. The molecule has 0 spiro atoms. The second-order valence-electron chi connectivity index (χ2n) is 4.94. The molecule has 1 aromatic heterocycles.